The van der Waals surface area contributed by atoms with Gasteiger partial charge in [-0.2, -0.15) is 16.8 Å². The zero-order chi connectivity index (χ0) is 25.9. The third-order valence-corrected chi connectivity index (χ3v) is 6.27. The first-order chi connectivity index (χ1) is 14.8. The minimum Gasteiger partial charge on any atom is -0.353 e. The molecule has 0 heterocycles. The van der Waals surface area contributed by atoms with E-state index >= 15 is 0 Å². The lowest BCUT2D eigenvalue weighted by Gasteiger charge is -2.33. The van der Waals surface area contributed by atoms with Crippen molar-refractivity contribution in [3.63, 3.8) is 0 Å². The van der Waals surface area contributed by atoms with Crippen LogP contribution in [0.1, 0.15) is 39.5 Å². The lowest BCUT2D eigenvalue weighted by atomic mass is 10.0. The Morgan fingerprint density at radius 1 is 0.788 bits per heavy atom. The second kappa shape index (κ2) is 13.9. The Balaban J connectivity index is 4.71. The molecule has 12 nitrogen and oxygen atoms in total. The molecule has 33 heavy (non-hydrogen) atoms. The summed E-state index contributed by atoms with van der Waals surface area (Å²) in [6.07, 6.45) is 2.71. The van der Waals surface area contributed by atoms with Crippen LogP contribution in [-0.2, 0) is 34.0 Å². The number of rotatable bonds is 18. The first kappa shape index (κ1) is 32.1. The van der Waals surface area contributed by atoms with Crippen molar-refractivity contribution in [3.8, 4) is 0 Å². The molecular formula is C19H43N3O9S2+2. The summed E-state index contributed by atoms with van der Waals surface area (Å²) in [7, 11) is -1.00. The van der Waals surface area contributed by atoms with Crippen LogP contribution in [0.4, 0.5) is 0 Å². The lowest BCUT2D eigenvalue weighted by molar-refractivity contribution is -0.891. The Kier molecular flexibility index (Phi) is 13.5. The van der Waals surface area contributed by atoms with Gasteiger partial charge < -0.3 is 14.3 Å². The van der Waals surface area contributed by atoms with E-state index in [0.717, 1.165) is 32.4 Å². The van der Waals surface area contributed by atoms with Gasteiger partial charge in [-0.1, -0.05) is 13.8 Å². The van der Waals surface area contributed by atoms with E-state index in [0.29, 0.717) is 28.5 Å². The largest absolute Gasteiger partial charge is 0.397 e. The Morgan fingerprint density at radius 3 is 1.79 bits per heavy atom. The molecule has 1 atom stereocenters. The molecule has 0 spiro atoms. The first-order valence-electron chi connectivity index (χ1n) is 11.0. The Hall–Kier alpha value is -0.870. The predicted molar refractivity (Wildman–Crippen MR) is 124 cm³/mol. The average molecular weight is 522 g/mol. The number of likely N-dealkylation sites (N-methyl/N-ethyl adjacent to an activating group) is 1. The van der Waals surface area contributed by atoms with Gasteiger partial charge in [-0.05, 0) is 12.8 Å². The van der Waals surface area contributed by atoms with Crippen LogP contribution in [0.15, 0.2) is 0 Å². The molecule has 0 fully saturated rings. The van der Waals surface area contributed by atoms with Crippen molar-refractivity contribution < 1.29 is 48.1 Å². The van der Waals surface area contributed by atoms with Gasteiger partial charge in [0, 0.05) is 24.8 Å². The average Bonchev–Trinajstić information content (AvgIpc) is 2.61. The number of nitrogens with zero attached hydrogens (tertiary/aromatic N) is 2. The maximum absolute atomic E-state index is 12.3. The summed E-state index contributed by atoms with van der Waals surface area (Å²) in [5.41, 5.74) is 0. The molecule has 14 heteroatoms. The van der Waals surface area contributed by atoms with Gasteiger partial charge in [-0.15, -0.1) is 0 Å². The molecule has 0 bridgehead atoms. The van der Waals surface area contributed by atoms with E-state index in [1.807, 2.05) is 42.0 Å². The number of quaternary nitrogens is 2. The number of hydrogen-bond acceptors (Lipinski definition) is 7. The highest BCUT2D eigenvalue weighted by atomic mass is 32.3. The maximum Gasteiger partial charge on any atom is 0.397 e. The summed E-state index contributed by atoms with van der Waals surface area (Å²) in [6.45, 7) is 5.96. The van der Waals surface area contributed by atoms with Gasteiger partial charge in [0.15, 0.2) is 0 Å². The number of carbonyl (C=O) groups excluding carboxylic acids is 1. The van der Waals surface area contributed by atoms with E-state index < -0.39 is 20.8 Å². The second-order valence-electron chi connectivity index (χ2n) is 9.91. The van der Waals surface area contributed by atoms with Gasteiger partial charge >= 0.3 is 20.8 Å². The van der Waals surface area contributed by atoms with Crippen LogP contribution in [0.3, 0.4) is 0 Å². The quantitative estimate of drug-likeness (QED) is 0.133. The van der Waals surface area contributed by atoms with Crippen molar-refractivity contribution in [1.29, 1.82) is 0 Å². The first-order valence-corrected chi connectivity index (χ1v) is 13.7. The molecule has 198 valence electrons. The molecule has 0 radical (unpaired) electrons. The van der Waals surface area contributed by atoms with Gasteiger partial charge in [-0.3, -0.25) is 13.9 Å². The zero-order valence-electron chi connectivity index (χ0n) is 20.7. The van der Waals surface area contributed by atoms with Crippen molar-refractivity contribution >= 4 is 26.7 Å². The number of carbonyl (C=O) groups is 1. The van der Waals surface area contributed by atoms with E-state index in [2.05, 4.69) is 13.7 Å². The number of amides is 1. The summed E-state index contributed by atoms with van der Waals surface area (Å²) in [4.78, 5) is 12.3. The molecule has 0 saturated carbocycles. The lowest BCUT2D eigenvalue weighted by Crippen LogP contribution is -2.47. The summed E-state index contributed by atoms with van der Waals surface area (Å²) < 4.78 is 69.9. The van der Waals surface area contributed by atoms with Crippen LogP contribution in [0.25, 0.3) is 0 Å². The fourth-order valence-electron chi connectivity index (χ4n) is 3.20. The van der Waals surface area contributed by atoms with E-state index in [9.17, 15) is 21.6 Å². The van der Waals surface area contributed by atoms with Gasteiger partial charge in [-0.25, -0.2) is 8.37 Å². The zero-order valence-corrected chi connectivity index (χ0v) is 22.3. The van der Waals surface area contributed by atoms with Crippen molar-refractivity contribution in [1.82, 2.24) is 5.32 Å². The second-order valence-corrected chi connectivity index (χ2v) is 12.1. The molecule has 0 rings (SSSR count). The highest BCUT2D eigenvalue weighted by Gasteiger charge is 2.23. The van der Waals surface area contributed by atoms with E-state index in [4.69, 9.17) is 9.11 Å². The molecule has 1 unspecified atom stereocenters. The van der Waals surface area contributed by atoms with Crippen molar-refractivity contribution in [3.05, 3.63) is 0 Å². The van der Waals surface area contributed by atoms with Crippen LogP contribution >= 0.6 is 0 Å². The van der Waals surface area contributed by atoms with E-state index in [1.54, 1.807) is 0 Å². The summed E-state index contributed by atoms with van der Waals surface area (Å²) in [5, 5.41) is 3.10. The topological polar surface area (TPSA) is 156 Å². The van der Waals surface area contributed by atoms with E-state index in [1.165, 1.54) is 0 Å². The summed E-state index contributed by atoms with van der Waals surface area (Å²) in [5.74, 6) is -0.167. The van der Waals surface area contributed by atoms with Crippen LogP contribution in [0, 0.1) is 5.92 Å². The predicted octanol–water partition coefficient (Wildman–Crippen LogP) is 0.479. The summed E-state index contributed by atoms with van der Waals surface area (Å²) in [6, 6.07) is -0.0413. The number of nitrogens with one attached hydrogen (secondary N) is 1. The summed E-state index contributed by atoms with van der Waals surface area (Å²) >= 11 is 0. The third-order valence-electron chi connectivity index (χ3n) is 5.34. The Morgan fingerprint density at radius 2 is 1.27 bits per heavy atom. The molecule has 1 amide bonds. The standard InChI is InChI=1S/C19H41N3O9S2/c1-17(2)19(23)20-18(9-7-11-22(5,6)14-16-31-33(27,28)29)10-13-21(3,4)12-8-15-30-32(24,25)26/h17-18H,7-16H2,1-6H3,(H-2,20,23,24,25,26,27,28,29)/p+2. The highest BCUT2D eigenvalue weighted by molar-refractivity contribution is 7.81. The molecule has 0 saturated heterocycles. The van der Waals surface area contributed by atoms with Crippen LogP contribution in [-0.4, -0.2) is 114 Å². The van der Waals surface area contributed by atoms with Crippen molar-refractivity contribution in [2.75, 3.05) is 67.6 Å². The molecule has 0 aliphatic heterocycles. The van der Waals surface area contributed by atoms with Crippen molar-refractivity contribution in [2.24, 2.45) is 5.92 Å². The molecule has 0 aliphatic carbocycles. The minimum absolute atomic E-state index is 0.0258. The normalized spacial score (nSPS) is 14.5. The molecule has 0 aromatic rings. The van der Waals surface area contributed by atoms with Gasteiger partial charge in [0.25, 0.3) is 0 Å². The maximum atomic E-state index is 12.3. The molecule has 3 N–H and O–H groups in total. The molecular weight excluding hydrogens is 478 g/mol. The van der Waals surface area contributed by atoms with Gasteiger partial charge in [0.2, 0.25) is 5.91 Å². The minimum atomic E-state index is -4.45. The fraction of sp³-hybridized carbons (Fsp3) is 0.947. The van der Waals surface area contributed by atoms with E-state index in [-0.39, 0.29) is 31.1 Å². The van der Waals surface area contributed by atoms with Gasteiger partial charge in [0.05, 0.1) is 54.4 Å². The smallest absolute Gasteiger partial charge is 0.353 e. The fourth-order valence-corrected chi connectivity index (χ4v) is 3.81. The SMILES string of the molecule is CC(C)C(=O)NC(CCC[N+](C)(C)CCOS(=O)(=O)O)CC[N+](C)(C)CCCOS(=O)(=O)O. The highest BCUT2D eigenvalue weighted by Crippen LogP contribution is 2.12. The van der Waals surface area contributed by atoms with Crippen LogP contribution in [0.2, 0.25) is 0 Å². The Labute approximate surface area is 199 Å². The number of hydrogen-bond donors (Lipinski definition) is 3. The molecule has 0 aromatic heterocycles. The molecule has 0 aliphatic rings. The Bertz CT molecular complexity index is 797. The van der Waals surface area contributed by atoms with Gasteiger partial charge in [0.1, 0.15) is 13.2 Å². The van der Waals surface area contributed by atoms with Crippen molar-refractivity contribution in [2.45, 2.75) is 45.6 Å². The third kappa shape index (κ3) is 19.2. The van der Waals surface area contributed by atoms with Crippen LogP contribution < -0.4 is 5.32 Å². The van der Waals surface area contributed by atoms with Crippen LogP contribution in [0.5, 0.6) is 0 Å². The molecule has 0 aromatic carbocycles. The monoisotopic (exact) mass is 521 g/mol.